The number of aromatic nitrogens is 4. The molecule has 0 bridgehead atoms. The van der Waals surface area contributed by atoms with Crippen LogP contribution in [0.25, 0.3) is 17.1 Å². The first-order chi connectivity index (χ1) is 14.4. The lowest BCUT2D eigenvalue weighted by atomic mass is 10.1. The van der Waals surface area contributed by atoms with Gasteiger partial charge in [-0.15, -0.1) is 10.2 Å². The van der Waals surface area contributed by atoms with Crippen molar-refractivity contribution in [3.8, 4) is 17.1 Å². The fourth-order valence-electron chi connectivity index (χ4n) is 2.85. The molecule has 0 radical (unpaired) electrons. The average Bonchev–Trinajstić information content (AvgIpc) is 3.17. The predicted molar refractivity (Wildman–Crippen MR) is 113 cm³/mol. The van der Waals surface area contributed by atoms with Gasteiger partial charge in [-0.2, -0.15) is 13.2 Å². The van der Waals surface area contributed by atoms with Crippen LogP contribution < -0.4 is 0 Å². The Morgan fingerprint density at radius 2 is 1.77 bits per heavy atom. The summed E-state index contributed by atoms with van der Waals surface area (Å²) in [5.41, 5.74) is 1.53. The fourth-order valence-corrected chi connectivity index (χ4v) is 4.01. The number of halogens is 4. The van der Waals surface area contributed by atoms with E-state index in [4.69, 9.17) is 0 Å². The van der Waals surface area contributed by atoms with Gasteiger partial charge in [-0.1, -0.05) is 45.9 Å². The van der Waals surface area contributed by atoms with Crippen molar-refractivity contribution in [1.82, 2.24) is 19.7 Å². The van der Waals surface area contributed by atoms with Gasteiger partial charge in [0, 0.05) is 33.9 Å². The van der Waals surface area contributed by atoms with Crippen LogP contribution in [0.2, 0.25) is 0 Å². The minimum Gasteiger partial charge on any atom is -0.270 e. The van der Waals surface area contributed by atoms with Crippen LogP contribution in [-0.4, -0.2) is 19.7 Å². The highest BCUT2D eigenvalue weighted by atomic mass is 79.9. The summed E-state index contributed by atoms with van der Waals surface area (Å²) in [6.07, 6.45) is -1.00. The molecule has 0 saturated carbocycles. The molecule has 2 heterocycles. The molecule has 2 aromatic heterocycles. The van der Waals surface area contributed by atoms with Crippen LogP contribution in [0.4, 0.5) is 13.2 Å². The molecule has 0 spiro atoms. The quantitative estimate of drug-likeness (QED) is 0.303. The van der Waals surface area contributed by atoms with Crippen molar-refractivity contribution in [3.05, 3.63) is 88.7 Å². The number of alkyl halides is 3. The fraction of sp³-hybridized carbons (Fsp3) is 0.0952. The molecule has 0 unspecified atom stereocenters. The maximum absolute atomic E-state index is 13.0. The maximum Gasteiger partial charge on any atom is 0.416 e. The van der Waals surface area contributed by atoms with E-state index in [2.05, 4.69) is 31.1 Å². The van der Waals surface area contributed by atoms with E-state index in [0.29, 0.717) is 22.3 Å². The number of rotatable bonds is 5. The van der Waals surface area contributed by atoms with E-state index in [9.17, 15) is 13.2 Å². The summed E-state index contributed by atoms with van der Waals surface area (Å²) >= 11 is 4.75. The number of benzene rings is 2. The van der Waals surface area contributed by atoms with Crippen LogP contribution >= 0.6 is 27.7 Å². The van der Waals surface area contributed by atoms with Gasteiger partial charge in [0.2, 0.25) is 0 Å². The monoisotopic (exact) mass is 490 g/mol. The van der Waals surface area contributed by atoms with E-state index >= 15 is 0 Å². The van der Waals surface area contributed by atoms with Crippen molar-refractivity contribution >= 4 is 27.7 Å². The Morgan fingerprint density at radius 1 is 0.967 bits per heavy atom. The summed E-state index contributed by atoms with van der Waals surface area (Å²) < 4.78 is 41.8. The third-order valence-corrected chi connectivity index (χ3v) is 5.79. The molecular formula is C21H14BrF3N4S. The highest BCUT2D eigenvalue weighted by molar-refractivity contribution is 9.10. The lowest BCUT2D eigenvalue weighted by molar-refractivity contribution is -0.137. The molecular weight excluding hydrogens is 477 g/mol. The number of pyridine rings is 1. The average molecular weight is 491 g/mol. The number of hydrogen-bond acceptors (Lipinski definition) is 4. The Morgan fingerprint density at radius 3 is 2.47 bits per heavy atom. The van der Waals surface area contributed by atoms with E-state index in [-0.39, 0.29) is 0 Å². The van der Waals surface area contributed by atoms with Crippen LogP contribution in [0.1, 0.15) is 11.1 Å². The Balaban J connectivity index is 1.69. The molecule has 4 nitrogen and oxygen atoms in total. The van der Waals surface area contributed by atoms with Crippen molar-refractivity contribution in [2.45, 2.75) is 17.1 Å². The summed E-state index contributed by atoms with van der Waals surface area (Å²) in [5, 5.41) is 9.18. The number of hydrogen-bond donors (Lipinski definition) is 0. The Bertz CT molecular complexity index is 1150. The zero-order valence-electron chi connectivity index (χ0n) is 15.3. The second-order valence-corrected chi connectivity index (χ2v) is 8.20. The van der Waals surface area contributed by atoms with Gasteiger partial charge in [0.15, 0.2) is 11.0 Å². The zero-order chi connectivity index (χ0) is 21.1. The molecule has 0 N–H and O–H groups in total. The molecule has 0 saturated heterocycles. The molecule has 0 aliphatic heterocycles. The molecule has 152 valence electrons. The second-order valence-electron chi connectivity index (χ2n) is 6.35. The number of thioether (sulfide) groups is 1. The third kappa shape index (κ3) is 4.57. The van der Waals surface area contributed by atoms with Gasteiger partial charge >= 0.3 is 6.18 Å². The second kappa shape index (κ2) is 8.61. The molecule has 0 fully saturated rings. The predicted octanol–water partition coefficient (Wildman–Crippen LogP) is 6.40. The van der Waals surface area contributed by atoms with Gasteiger partial charge in [0.1, 0.15) is 0 Å². The normalized spacial score (nSPS) is 11.6. The van der Waals surface area contributed by atoms with Crippen LogP contribution in [0, 0.1) is 0 Å². The highest BCUT2D eigenvalue weighted by Crippen LogP contribution is 2.33. The summed E-state index contributed by atoms with van der Waals surface area (Å²) in [6.45, 7) is 0. The smallest absolute Gasteiger partial charge is 0.270 e. The molecule has 30 heavy (non-hydrogen) atoms. The standard InChI is InChI=1S/C21H14BrF3N4S/c22-17-6-8-18(9-7-17)29-19(15-4-2-10-26-12-15)27-28-20(29)30-13-14-3-1-5-16(11-14)21(23,24)25/h1-12H,13H2. The number of nitrogens with zero attached hydrogens (tertiary/aromatic N) is 4. The van der Waals surface area contributed by atoms with Crippen LogP contribution in [0.5, 0.6) is 0 Å². The molecule has 4 aromatic rings. The van der Waals surface area contributed by atoms with E-state index in [1.54, 1.807) is 18.5 Å². The molecule has 0 amide bonds. The van der Waals surface area contributed by atoms with Gasteiger partial charge in [-0.05, 0) is 48.0 Å². The summed E-state index contributed by atoms with van der Waals surface area (Å²) in [4.78, 5) is 4.14. The topological polar surface area (TPSA) is 43.6 Å². The molecule has 4 rings (SSSR count). The van der Waals surface area contributed by atoms with Gasteiger partial charge in [0.25, 0.3) is 0 Å². The van der Waals surface area contributed by atoms with Crippen LogP contribution in [0.3, 0.4) is 0 Å². The van der Waals surface area contributed by atoms with Gasteiger partial charge in [-0.25, -0.2) is 0 Å². The van der Waals surface area contributed by atoms with Gasteiger partial charge in [0.05, 0.1) is 5.56 Å². The lowest BCUT2D eigenvalue weighted by Crippen LogP contribution is -2.05. The third-order valence-electron chi connectivity index (χ3n) is 4.26. The first-order valence-electron chi connectivity index (χ1n) is 8.82. The highest BCUT2D eigenvalue weighted by Gasteiger charge is 2.30. The molecule has 0 atom stereocenters. The van der Waals surface area contributed by atoms with E-state index in [0.717, 1.165) is 27.9 Å². The first-order valence-corrected chi connectivity index (χ1v) is 10.6. The minimum atomic E-state index is -4.37. The van der Waals surface area contributed by atoms with Crippen molar-refractivity contribution in [1.29, 1.82) is 0 Å². The molecule has 9 heteroatoms. The van der Waals surface area contributed by atoms with Crippen molar-refractivity contribution in [2.75, 3.05) is 0 Å². The van der Waals surface area contributed by atoms with Crippen molar-refractivity contribution in [2.24, 2.45) is 0 Å². The van der Waals surface area contributed by atoms with Crippen molar-refractivity contribution < 1.29 is 13.2 Å². The first kappa shape index (κ1) is 20.6. The Kier molecular flexibility index (Phi) is 5.92. The molecule has 0 aliphatic rings. The van der Waals surface area contributed by atoms with E-state index in [1.165, 1.54) is 17.8 Å². The SMILES string of the molecule is FC(F)(F)c1cccc(CSc2nnc(-c3cccnc3)n2-c2ccc(Br)cc2)c1. The van der Waals surface area contributed by atoms with Gasteiger partial charge < -0.3 is 0 Å². The zero-order valence-corrected chi connectivity index (χ0v) is 17.7. The molecule has 0 aliphatic carbocycles. The van der Waals surface area contributed by atoms with E-state index in [1.807, 2.05) is 41.0 Å². The summed E-state index contributed by atoms with van der Waals surface area (Å²) in [6, 6.07) is 16.7. The Labute approximate surface area is 183 Å². The molecule has 2 aromatic carbocycles. The van der Waals surface area contributed by atoms with Crippen LogP contribution in [0.15, 0.2) is 82.7 Å². The lowest BCUT2D eigenvalue weighted by Gasteiger charge is -2.11. The summed E-state index contributed by atoms with van der Waals surface area (Å²) in [5.74, 6) is 0.933. The van der Waals surface area contributed by atoms with E-state index < -0.39 is 11.7 Å². The maximum atomic E-state index is 13.0. The largest absolute Gasteiger partial charge is 0.416 e. The van der Waals surface area contributed by atoms with Crippen molar-refractivity contribution in [3.63, 3.8) is 0 Å². The Hall–Kier alpha value is -2.65. The minimum absolute atomic E-state index is 0.325. The van der Waals surface area contributed by atoms with Gasteiger partial charge in [-0.3, -0.25) is 9.55 Å². The van der Waals surface area contributed by atoms with Crippen LogP contribution in [-0.2, 0) is 11.9 Å². The summed E-state index contributed by atoms with van der Waals surface area (Å²) in [7, 11) is 0.